The quantitative estimate of drug-likeness (QED) is 0.772. The molecule has 1 saturated heterocycles. The second-order valence-electron chi connectivity index (χ2n) is 5.88. The molecule has 1 heterocycles. The minimum Gasteiger partial charge on any atom is -0.379 e. The fraction of sp³-hybridized carbons (Fsp3) is 0.929. The highest BCUT2D eigenvalue weighted by molar-refractivity contribution is 5.79. The van der Waals surface area contributed by atoms with Crippen LogP contribution in [0.15, 0.2) is 0 Å². The van der Waals surface area contributed by atoms with Gasteiger partial charge in [0.1, 0.15) is 0 Å². The van der Waals surface area contributed by atoms with Crippen LogP contribution in [0, 0.1) is 5.92 Å². The lowest BCUT2D eigenvalue weighted by molar-refractivity contribution is -0.127. The fourth-order valence-corrected chi connectivity index (χ4v) is 3.05. The van der Waals surface area contributed by atoms with Crippen molar-refractivity contribution in [1.29, 1.82) is 0 Å². The zero-order chi connectivity index (χ0) is 13.7. The summed E-state index contributed by atoms with van der Waals surface area (Å²) in [5, 5.41) is 3.13. The predicted molar refractivity (Wildman–Crippen MR) is 74.8 cm³/mol. The molecule has 0 bridgehead atoms. The summed E-state index contributed by atoms with van der Waals surface area (Å²) in [7, 11) is 0. The van der Waals surface area contributed by atoms with E-state index in [0.717, 1.165) is 58.5 Å². The molecule has 2 rings (SSSR count). The third-order valence-corrected chi connectivity index (χ3v) is 4.18. The van der Waals surface area contributed by atoms with Crippen molar-refractivity contribution in [2.24, 2.45) is 11.7 Å². The first-order valence-electron chi connectivity index (χ1n) is 7.53. The zero-order valence-electron chi connectivity index (χ0n) is 11.9. The van der Waals surface area contributed by atoms with Crippen LogP contribution in [0.3, 0.4) is 0 Å². The minimum absolute atomic E-state index is 0.0147. The number of hydrogen-bond acceptors (Lipinski definition) is 4. The van der Waals surface area contributed by atoms with Gasteiger partial charge in [0.25, 0.3) is 0 Å². The molecular formula is C14H27N3O2. The monoisotopic (exact) mass is 269 g/mol. The van der Waals surface area contributed by atoms with Crippen LogP contribution in [-0.2, 0) is 9.53 Å². The smallest absolute Gasteiger partial charge is 0.224 e. The normalized spacial score (nSPS) is 30.8. The average Bonchev–Trinajstić information content (AvgIpc) is 2.40. The summed E-state index contributed by atoms with van der Waals surface area (Å²) in [6.45, 7) is 6.49. The van der Waals surface area contributed by atoms with Gasteiger partial charge >= 0.3 is 0 Å². The highest BCUT2D eigenvalue weighted by Gasteiger charge is 2.29. The van der Waals surface area contributed by atoms with Gasteiger partial charge < -0.3 is 15.8 Å². The van der Waals surface area contributed by atoms with Gasteiger partial charge in [0.2, 0.25) is 5.91 Å². The molecule has 3 unspecified atom stereocenters. The van der Waals surface area contributed by atoms with Gasteiger partial charge in [0.15, 0.2) is 0 Å². The Morgan fingerprint density at radius 3 is 2.74 bits per heavy atom. The van der Waals surface area contributed by atoms with E-state index in [1.807, 2.05) is 0 Å². The van der Waals surface area contributed by atoms with Crippen molar-refractivity contribution in [3.05, 3.63) is 0 Å². The van der Waals surface area contributed by atoms with E-state index in [-0.39, 0.29) is 23.9 Å². The van der Waals surface area contributed by atoms with E-state index in [9.17, 15) is 4.79 Å². The van der Waals surface area contributed by atoms with Crippen molar-refractivity contribution in [1.82, 2.24) is 10.2 Å². The fourth-order valence-electron chi connectivity index (χ4n) is 3.05. The van der Waals surface area contributed by atoms with E-state index >= 15 is 0 Å². The Kier molecular flexibility index (Phi) is 5.60. The summed E-state index contributed by atoms with van der Waals surface area (Å²) in [6, 6.07) is 0.226. The van der Waals surface area contributed by atoms with Crippen molar-refractivity contribution in [2.75, 3.05) is 32.8 Å². The average molecular weight is 269 g/mol. The molecule has 5 nitrogen and oxygen atoms in total. The molecule has 1 aliphatic carbocycles. The molecule has 1 amide bonds. The molecule has 0 aromatic heterocycles. The van der Waals surface area contributed by atoms with E-state index in [4.69, 9.17) is 10.5 Å². The number of amides is 1. The lowest BCUT2D eigenvalue weighted by Gasteiger charge is -2.32. The number of hydrogen-bond donors (Lipinski definition) is 2. The van der Waals surface area contributed by atoms with E-state index in [1.54, 1.807) is 0 Å². The number of ether oxygens (including phenoxy) is 1. The van der Waals surface area contributed by atoms with Crippen LogP contribution >= 0.6 is 0 Å². The van der Waals surface area contributed by atoms with E-state index in [0.29, 0.717) is 0 Å². The predicted octanol–water partition coefficient (Wildman–Crippen LogP) is 0.341. The summed E-state index contributed by atoms with van der Waals surface area (Å²) >= 11 is 0. The summed E-state index contributed by atoms with van der Waals surface area (Å²) in [4.78, 5) is 14.6. The summed E-state index contributed by atoms with van der Waals surface area (Å²) in [5.41, 5.74) is 6.05. The van der Waals surface area contributed by atoms with E-state index in [1.165, 1.54) is 0 Å². The van der Waals surface area contributed by atoms with Crippen molar-refractivity contribution >= 4 is 5.91 Å². The standard InChI is InChI=1S/C14H27N3O2/c1-11(10-17-6-8-19-9-7-17)16-14(18)12-4-2-3-5-13(12)15/h11-13H,2-10,15H2,1H3,(H,16,18). The molecule has 5 heteroatoms. The summed E-state index contributed by atoms with van der Waals surface area (Å²) < 4.78 is 5.33. The third-order valence-electron chi connectivity index (χ3n) is 4.18. The minimum atomic E-state index is 0.0147. The highest BCUT2D eigenvalue weighted by Crippen LogP contribution is 2.23. The molecule has 0 spiro atoms. The van der Waals surface area contributed by atoms with Crippen molar-refractivity contribution in [3.8, 4) is 0 Å². The molecule has 1 saturated carbocycles. The summed E-state index contributed by atoms with van der Waals surface area (Å²) in [6.07, 6.45) is 4.21. The Balaban J connectivity index is 1.74. The van der Waals surface area contributed by atoms with Crippen LogP contribution in [0.4, 0.5) is 0 Å². The molecule has 3 atom stereocenters. The number of carbonyl (C=O) groups excluding carboxylic acids is 1. The van der Waals surface area contributed by atoms with Gasteiger partial charge in [-0.1, -0.05) is 12.8 Å². The van der Waals surface area contributed by atoms with Crippen LogP contribution < -0.4 is 11.1 Å². The molecule has 3 N–H and O–H groups in total. The van der Waals surface area contributed by atoms with E-state index < -0.39 is 0 Å². The van der Waals surface area contributed by atoms with Gasteiger partial charge in [-0.3, -0.25) is 9.69 Å². The Bertz CT molecular complexity index is 292. The van der Waals surface area contributed by atoms with Crippen LogP contribution in [0.1, 0.15) is 32.6 Å². The lowest BCUT2D eigenvalue weighted by atomic mass is 9.84. The van der Waals surface area contributed by atoms with Gasteiger partial charge in [-0.15, -0.1) is 0 Å². The molecule has 0 radical (unpaired) electrons. The first kappa shape index (κ1) is 14.8. The molecule has 1 aliphatic heterocycles. The van der Waals surface area contributed by atoms with Gasteiger partial charge in [0, 0.05) is 31.7 Å². The first-order valence-corrected chi connectivity index (χ1v) is 7.53. The van der Waals surface area contributed by atoms with Crippen LogP contribution in [0.5, 0.6) is 0 Å². The summed E-state index contributed by atoms with van der Waals surface area (Å²) in [5.74, 6) is 0.161. The number of carbonyl (C=O) groups is 1. The molecule has 2 fully saturated rings. The van der Waals surface area contributed by atoms with Crippen molar-refractivity contribution < 1.29 is 9.53 Å². The van der Waals surface area contributed by atoms with Crippen molar-refractivity contribution in [3.63, 3.8) is 0 Å². The maximum absolute atomic E-state index is 12.2. The van der Waals surface area contributed by atoms with Crippen molar-refractivity contribution in [2.45, 2.75) is 44.7 Å². The molecular weight excluding hydrogens is 242 g/mol. The number of nitrogens with two attached hydrogens (primary N) is 1. The number of morpholine rings is 1. The number of rotatable bonds is 4. The molecule has 19 heavy (non-hydrogen) atoms. The molecule has 0 aromatic rings. The Labute approximate surface area is 115 Å². The van der Waals surface area contributed by atoms with Gasteiger partial charge in [-0.2, -0.15) is 0 Å². The topological polar surface area (TPSA) is 67.6 Å². The first-order chi connectivity index (χ1) is 9.16. The largest absolute Gasteiger partial charge is 0.379 e. The maximum Gasteiger partial charge on any atom is 0.224 e. The number of nitrogens with zero attached hydrogens (tertiary/aromatic N) is 1. The zero-order valence-corrected chi connectivity index (χ0v) is 11.9. The second kappa shape index (κ2) is 7.22. The highest BCUT2D eigenvalue weighted by atomic mass is 16.5. The maximum atomic E-state index is 12.2. The molecule has 0 aromatic carbocycles. The lowest BCUT2D eigenvalue weighted by Crippen LogP contribution is -2.50. The van der Waals surface area contributed by atoms with Gasteiger partial charge in [-0.25, -0.2) is 0 Å². The number of nitrogens with one attached hydrogen (secondary N) is 1. The Morgan fingerprint density at radius 2 is 2.05 bits per heavy atom. The SMILES string of the molecule is CC(CN1CCOCC1)NC(=O)C1CCCCC1N. The third kappa shape index (κ3) is 4.44. The van der Waals surface area contributed by atoms with E-state index in [2.05, 4.69) is 17.1 Å². The van der Waals surface area contributed by atoms with Gasteiger partial charge in [-0.05, 0) is 19.8 Å². The van der Waals surface area contributed by atoms with Crippen LogP contribution in [-0.4, -0.2) is 55.7 Å². The van der Waals surface area contributed by atoms with Crippen LogP contribution in [0.25, 0.3) is 0 Å². The van der Waals surface area contributed by atoms with Gasteiger partial charge in [0.05, 0.1) is 19.1 Å². The second-order valence-corrected chi connectivity index (χ2v) is 5.88. The van der Waals surface area contributed by atoms with Crippen LogP contribution in [0.2, 0.25) is 0 Å². The Morgan fingerprint density at radius 1 is 1.37 bits per heavy atom. The molecule has 110 valence electrons. The molecule has 2 aliphatic rings. The Hall–Kier alpha value is -0.650.